The minimum atomic E-state index is -1.66. The molecule has 0 aliphatic heterocycles. The smallest absolute Gasteiger partial charge is 0.333 e. The Balaban J connectivity index is 2.91. The van der Waals surface area contributed by atoms with Crippen molar-refractivity contribution in [3.63, 3.8) is 0 Å². The summed E-state index contributed by atoms with van der Waals surface area (Å²) in [5.74, 6) is 0.920. The van der Waals surface area contributed by atoms with Crippen molar-refractivity contribution < 1.29 is 32.6 Å². The highest BCUT2D eigenvalue weighted by Gasteiger charge is 2.36. The van der Waals surface area contributed by atoms with Crippen LogP contribution >= 0.6 is 8.60 Å². The maximum atomic E-state index is 10.9. The lowest BCUT2D eigenvalue weighted by atomic mass is 9.70. The molecule has 0 radical (unpaired) electrons. The van der Waals surface area contributed by atoms with E-state index in [1.165, 1.54) is 26.9 Å². The summed E-state index contributed by atoms with van der Waals surface area (Å²) in [5.41, 5.74) is 3.02. The third-order valence-electron chi connectivity index (χ3n) is 4.94. The van der Waals surface area contributed by atoms with Crippen LogP contribution in [-0.4, -0.2) is 40.5 Å². The van der Waals surface area contributed by atoms with E-state index in [2.05, 4.69) is 27.0 Å². The summed E-state index contributed by atoms with van der Waals surface area (Å²) in [4.78, 5) is 10.9. The molecule has 7 nitrogen and oxygen atoms in total. The van der Waals surface area contributed by atoms with Crippen LogP contribution in [0.15, 0.2) is 59.3 Å². The molecule has 30 heavy (non-hydrogen) atoms. The lowest BCUT2D eigenvalue weighted by Gasteiger charge is -2.39. The Labute approximate surface area is 181 Å². The van der Waals surface area contributed by atoms with Gasteiger partial charge in [-0.2, -0.15) is 0 Å². The predicted molar refractivity (Wildman–Crippen MR) is 117 cm³/mol. The molecule has 0 aromatic carbocycles. The summed E-state index contributed by atoms with van der Waals surface area (Å²) < 4.78 is 32.6. The fourth-order valence-electron chi connectivity index (χ4n) is 3.31. The van der Waals surface area contributed by atoms with Crippen LogP contribution in [0.1, 0.15) is 34.1 Å². The standard InChI is InChI=1S/C22H33O7P/c1-10-18-15(2)16(3)20(13-22(18,5)6)29-30(26-9)28-12-11-19(27-14-23)21(25-8)17(4)24-7/h10-11,14,20H,1,3,12-13H2,2,4-9H3/b19-11+,21-17-. The van der Waals surface area contributed by atoms with Crippen molar-refractivity contribution >= 4 is 15.1 Å². The van der Waals surface area contributed by atoms with Crippen molar-refractivity contribution in [1.82, 2.24) is 0 Å². The Morgan fingerprint density at radius 2 is 1.93 bits per heavy atom. The molecule has 0 heterocycles. The van der Waals surface area contributed by atoms with E-state index < -0.39 is 8.60 Å². The molecule has 0 spiro atoms. The van der Waals surface area contributed by atoms with Crippen LogP contribution in [0.4, 0.5) is 0 Å². The molecule has 2 atom stereocenters. The normalized spacial score (nSPS) is 21.0. The number of hydrogen-bond acceptors (Lipinski definition) is 7. The summed E-state index contributed by atoms with van der Waals surface area (Å²) in [5, 5.41) is 0. The monoisotopic (exact) mass is 440 g/mol. The molecule has 2 unspecified atom stereocenters. The summed E-state index contributed by atoms with van der Waals surface area (Å²) in [7, 11) is 2.81. The number of carbonyl (C=O) groups is 1. The van der Waals surface area contributed by atoms with E-state index in [0.29, 0.717) is 12.2 Å². The molecule has 0 saturated heterocycles. The molecule has 0 aromatic rings. The van der Waals surface area contributed by atoms with E-state index >= 15 is 0 Å². The van der Waals surface area contributed by atoms with Gasteiger partial charge in [-0.3, -0.25) is 4.79 Å². The largest absolute Gasteiger partial charge is 0.497 e. The molecule has 0 saturated carbocycles. The van der Waals surface area contributed by atoms with Crippen molar-refractivity contribution in [3.05, 3.63) is 59.3 Å². The van der Waals surface area contributed by atoms with E-state index in [-0.39, 0.29) is 29.6 Å². The Morgan fingerprint density at radius 3 is 2.43 bits per heavy atom. The quantitative estimate of drug-likeness (QED) is 0.176. The van der Waals surface area contributed by atoms with Crippen molar-refractivity contribution in [3.8, 4) is 0 Å². The number of allylic oxidation sites excluding steroid dienone is 3. The maximum Gasteiger partial charge on any atom is 0.333 e. The van der Waals surface area contributed by atoms with Crippen molar-refractivity contribution in [2.75, 3.05) is 27.9 Å². The molecule has 1 aliphatic rings. The van der Waals surface area contributed by atoms with Crippen LogP contribution < -0.4 is 0 Å². The highest BCUT2D eigenvalue weighted by molar-refractivity contribution is 7.41. The molecule has 0 fully saturated rings. The fourth-order valence-corrected chi connectivity index (χ4v) is 4.17. The number of rotatable bonds is 12. The molecule has 0 aromatic heterocycles. The van der Waals surface area contributed by atoms with Gasteiger partial charge in [0.15, 0.2) is 11.5 Å². The fraction of sp³-hybridized carbons (Fsp3) is 0.500. The average Bonchev–Trinajstić information content (AvgIpc) is 2.71. The summed E-state index contributed by atoms with van der Waals surface area (Å²) in [6, 6.07) is 0. The van der Waals surface area contributed by atoms with Gasteiger partial charge >= 0.3 is 8.60 Å². The Kier molecular flexibility index (Phi) is 10.5. The van der Waals surface area contributed by atoms with Gasteiger partial charge in [-0.05, 0) is 48.5 Å². The van der Waals surface area contributed by atoms with Crippen LogP contribution in [-0.2, 0) is 32.6 Å². The first-order valence-corrected chi connectivity index (χ1v) is 10.5. The van der Waals surface area contributed by atoms with E-state index in [1.54, 1.807) is 13.0 Å². The van der Waals surface area contributed by atoms with Crippen LogP contribution in [0, 0.1) is 5.41 Å². The molecule has 168 valence electrons. The van der Waals surface area contributed by atoms with Crippen LogP contribution in [0.5, 0.6) is 0 Å². The predicted octanol–water partition coefficient (Wildman–Crippen LogP) is 5.33. The second-order valence-corrected chi connectivity index (χ2v) is 8.51. The lowest BCUT2D eigenvalue weighted by molar-refractivity contribution is -0.125. The highest BCUT2D eigenvalue weighted by Crippen LogP contribution is 2.49. The zero-order valence-electron chi connectivity index (χ0n) is 18.9. The maximum absolute atomic E-state index is 10.9. The zero-order chi connectivity index (χ0) is 22.9. The van der Waals surface area contributed by atoms with Gasteiger partial charge in [0.1, 0.15) is 5.76 Å². The molecule has 8 heteroatoms. The van der Waals surface area contributed by atoms with Gasteiger partial charge in [0, 0.05) is 7.11 Å². The van der Waals surface area contributed by atoms with Gasteiger partial charge in [-0.25, -0.2) is 0 Å². The zero-order valence-corrected chi connectivity index (χ0v) is 19.8. The minimum Gasteiger partial charge on any atom is -0.497 e. The Bertz CT molecular complexity index is 734. The number of ether oxygens (including phenoxy) is 3. The number of hydrogen-bond donors (Lipinski definition) is 0. The summed E-state index contributed by atoms with van der Waals surface area (Å²) in [6.07, 6.45) is 3.92. The van der Waals surface area contributed by atoms with Crippen LogP contribution in [0.2, 0.25) is 0 Å². The van der Waals surface area contributed by atoms with Gasteiger partial charge in [0.05, 0.1) is 26.9 Å². The molecule has 0 amide bonds. The van der Waals surface area contributed by atoms with E-state index in [4.69, 9.17) is 27.8 Å². The molecule has 0 N–H and O–H groups in total. The third-order valence-corrected chi connectivity index (χ3v) is 6.03. The van der Waals surface area contributed by atoms with Gasteiger partial charge in [-0.15, -0.1) is 0 Å². The number of carbonyl (C=O) groups excluding carboxylic acids is 1. The van der Waals surface area contributed by atoms with Crippen LogP contribution in [0.3, 0.4) is 0 Å². The van der Waals surface area contributed by atoms with Gasteiger partial charge in [0.2, 0.25) is 0 Å². The summed E-state index contributed by atoms with van der Waals surface area (Å²) in [6.45, 7) is 16.5. The summed E-state index contributed by atoms with van der Waals surface area (Å²) >= 11 is 0. The second-order valence-electron chi connectivity index (χ2n) is 7.23. The molecule has 1 rings (SSSR count). The highest BCUT2D eigenvalue weighted by atomic mass is 31.2. The molecule has 0 bridgehead atoms. The molecule has 1 aliphatic carbocycles. The third kappa shape index (κ3) is 6.54. The van der Waals surface area contributed by atoms with Crippen molar-refractivity contribution in [2.24, 2.45) is 5.41 Å². The van der Waals surface area contributed by atoms with Crippen LogP contribution in [0.25, 0.3) is 0 Å². The first kappa shape index (κ1) is 26.1. The van der Waals surface area contributed by atoms with Crippen molar-refractivity contribution in [1.29, 1.82) is 0 Å². The Hall–Kier alpha value is -1.92. The van der Waals surface area contributed by atoms with Gasteiger partial charge < -0.3 is 27.8 Å². The van der Waals surface area contributed by atoms with E-state index in [9.17, 15) is 4.79 Å². The average molecular weight is 440 g/mol. The SMILES string of the molecule is C=CC1=C(C)C(=C)C(OP(OC)OC/C=C(OC=O)\C(OC)=C(/C)OC)CC1(C)C. The first-order valence-electron chi connectivity index (χ1n) is 9.43. The Morgan fingerprint density at radius 1 is 1.27 bits per heavy atom. The first-order chi connectivity index (χ1) is 14.2. The van der Waals surface area contributed by atoms with E-state index in [1.807, 2.05) is 13.0 Å². The lowest BCUT2D eigenvalue weighted by Crippen LogP contribution is -2.31. The molecular formula is C22H33O7P. The van der Waals surface area contributed by atoms with E-state index in [0.717, 1.165) is 17.6 Å². The van der Waals surface area contributed by atoms with Gasteiger partial charge in [0.25, 0.3) is 6.47 Å². The minimum absolute atomic E-state index is 0.0713. The number of methoxy groups -OCH3 is 2. The topological polar surface area (TPSA) is 72.5 Å². The second kappa shape index (κ2) is 12.1. The molecular weight excluding hydrogens is 407 g/mol. The van der Waals surface area contributed by atoms with Crippen molar-refractivity contribution in [2.45, 2.75) is 40.2 Å². The van der Waals surface area contributed by atoms with Gasteiger partial charge in [-0.1, -0.05) is 33.1 Å².